The number of benzene rings is 5. The lowest BCUT2D eigenvalue weighted by Gasteiger charge is -2.15. The van der Waals surface area contributed by atoms with Crippen molar-refractivity contribution in [2.45, 2.75) is 12.8 Å². The van der Waals surface area contributed by atoms with Crippen LogP contribution < -0.4 is 0 Å². The molecule has 0 aliphatic heterocycles. The number of allylic oxidation sites excluding steroid dienone is 4. The summed E-state index contributed by atoms with van der Waals surface area (Å²) in [4.78, 5) is 5.17. The van der Waals surface area contributed by atoms with E-state index in [0.29, 0.717) is 0 Å². The van der Waals surface area contributed by atoms with Crippen LogP contribution in [0.4, 0.5) is 0 Å². The van der Waals surface area contributed by atoms with Gasteiger partial charge in [-0.2, -0.15) is 0 Å². The molecule has 1 aliphatic rings. The third-order valence-corrected chi connectivity index (χ3v) is 8.96. The van der Waals surface area contributed by atoms with Gasteiger partial charge >= 0.3 is 0 Å². The molecule has 208 valence electrons. The van der Waals surface area contributed by atoms with E-state index in [1.807, 2.05) is 0 Å². The fourth-order valence-corrected chi connectivity index (χ4v) is 7.02. The van der Waals surface area contributed by atoms with Crippen LogP contribution in [0.5, 0.6) is 0 Å². The average molecular weight is 564 g/mol. The van der Waals surface area contributed by atoms with E-state index in [4.69, 9.17) is 4.98 Å². The maximum atomic E-state index is 5.17. The van der Waals surface area contributed by atoms with Gasteiger partial charge in [-0.05, 0) is 49.2 Å². The highest BCUT2D eigenvalue weighted by Crippen LogP contribution is 2.43. The van der Waals surface area contributed by atoms with Gasteiger partial charge in [-0.25, -0.2) is 4.98 Å². The second-order valence-electron chi connectivity index (χ2n) is 11.5. The molecule has 0 fully saturated rings. The van der Waals surface area contributed by atoms with Crippen molar-refractivity contribution in [3.05, 3.63) is 152 Å². The predicted molar refractivity (Wildman–Crippen MR) is 185 cm³/mol. The molecule has 44 heavy (non-hydrogen) atoms. The van der Waals surface area contributed by atoms with Gasteiger partial charge in [0.1, 0.15) is 0 Å². The van der Waals surface area contributed by atoms with Gasteiger partial charge in [0.05, 0.1) is 39.1 Å². The van der Waals surface area contributed by atoms with Crippen molar-refractivity contribution in [3.8, 4) is 28.2 Å². The van der Waals surface area contributed by atoms with Crippen molar-refractivity contribution in [1.29, 1.82) is 0 Å². The van der Waals surface area contributed by atoms with E-state index < -0.39 is 0 Å². The second-order valence-corrected chi connectivity index (χ2v) is 11.5. The number of nitrogens with zero attached hydrogens (tertiary/aromatic N) is 3. The Morgan fingerprint density at radius 3 is 1.80 bits per heavy atom. The summed E-state index contributed by atoms with van der Waals surface area (Å²) in [5.41, 5.74) is 11.5. The zero-order valence-corrected chi connectivity index (χ0v) is 24.2. The first-order valence-electron chi connectivity index (χ1n) is 15.3. The van der Waals surface area contributed by atoms with E-state index in [1.165, 1.54) is 49.3 Å². The standard InChI is InChI=1S/C41H29N3/c1-4-14-28(15-5-1)35-26-31(27-36(42-35)29-16-6-2-7-17-29)43-38-23-13-11-21-34(38)40-39(43)25-24-33-32-20-10-12-22-37(32)44(41(33)40)30-18-8-3-9-19-30/h1-8,10-18,20-27H,9,19H2. The fourth-order valence-electron chi connectivity index (χ4n) is 7.02. The van der Waals surface area contributed by atoms with E-state index in [0.717, 1.165) is 41.0 Å². The average Bonchev–Trinajstić information content (AvgIpc) is 3.62. The third-order valence-electron chi connectivity index (χ3n) is 8.96. The van der Waals surface area contributed by atoms with E-state index in [2.05, 4.69) is 161 Å². The van der Waals surface area contributed by atoms with E-state index >= 15 is 0 Å². The Balaban J connectivity index is 1.42. The normalized spacial score (nSPS) is 13.3. The SMILES string of the molecule is C1=CCCC(n2c3ccccc3c3ccc4c(c5ccccc5n4-c4cc(-c5ccccc5)nc(-c5ccccc5)c4)c32)=C1. The Bertz CT molecular complexity index is 2360. The molecule has 3 nitrogen and oxygen atoms in total. The number of hydrogen-bond donors (Lipinski definition) is 0. The van der Waals surface area contributed by atoms with Crippen molar-refractivity contribution < 1.29 is 0 Å². The lowest BCUT2D eigenvalue weighted by molar-refractivity contribution is 0.980. The van der Waals surface area contributed by atoms with Gasteiger partial charge in [0.15, 0.2) is 0 Å². The predicted octanol–water partition coefficient (Wildman–Crippen LogP) is 10.8. The zero-order valence-electron chi connectivity index (χ0n) is 24.2. The van der Waals surface area contributed by atoms with Crippen LogP contribution in [-0.4, -0.2) is 14.1 Å². The van der Waals surface area contributed by atoms with Gasteiger partial charge in [-0.15, -0.1) is 0 Å². The van der Waals surface area contributed by atoms with Gasteiger partial charge in [-0.3, -0.25) is 0 Å². The number of fused-ring (bicyclic) bond motifs is 7. The summed E-state index contributed by atoms with van der Waals surface area (Å²) in [5, 5.41) is 5.11. The topological polar surface area (TPSA) is 22.8 Å². The highest BCUT2D eigenvalue weighted by molar-refractivity contribution is 6.26. The van der Waals surface area contributed by atoms with Crippen LogP contribution >= 0.6 is 0 Å². The van der Waals surface area contributed by atoms with E-state index in [9.17, 15) is 0 Å². The number of para-hydroxylation sites is 2. The van der Waals surface area contributed by atoms with E-state index in [-0.39, 0.29) is 0 Å². The molecule has 0 radical (unpaired) electrons. The molecule has 1 aliphatic carbocycles. The second kappa shape index (κ2) is 9.96. The Kier molecular flexibility index (Phi) is 5.63. The minimum atomic E-state index is 0.960. The lowest BCUT2D eigenvalue weighted by atomic mass is 10.1. The molecule has 0 bridgehead atoms. The summed E-state index contributed by atoms with van der Waals surface area (Å²) in [6, 6.07) is 47.8. The van der Waals surface area contributed by atoms with Crippen molar-refractivity contribution in [2.24, 2.45) is 0 Å². The molecule has 0 spiro atoms. The van der Waals surface area contributed by atoms with Crippen LogP contribution in [-0.2, 0) is 0 Å². The molecule has 8 aromatic rings. The quantitative estimate of drug-likeness (QED) is 0.209. The number of pyridine rings is 1. The first-order valence-corrected chi connectivity index (χ1v) is 15.3. The summed E-state index contributed by atoms with van der Waals surface area (Å²) in [7, 11) is 0. The van der Waals surface area contributed by atoms with Crippen molar-refractivity contribution >= 4 is 49.3 Å². The summed E-state index contributed by atoms with van der Waals surface area (Å²) >= 11 is 0. The van der Waals surface area contributed by atoms with Crippen molar-refractivity contribution in [1.82, 2.24) is 14.1 Å². The van der Waals surface area contributed by atoms with Crippen LogP contribution in [0.2, 0.25) is 0 Å². The lowest BCUT2D eigenvalue weighted by Crippen LogP contribution is -2.00. The summed E-state index contributed by atoms with van der Waals surface area (Å²) in [5.74, 6) is 0. The molecule has 0 N–H and O–H groups in total. The van der Waals surface area contributed by atoms with Crippen LogP contribution in [0.1, 0.15) is 12.8 Å². The number of hydrogen-bond acceptors (Lipinski definition) is 1. The monoisotopic (exact) mass is 563 g/mol. The molecule has 9 rings (SSSR count). The van der Waals surface area contributed by atoms with Crippen molar-refractivity contribution in [3.63, 3.8) is 0 Å². The fraction of sp³-hybridized carbons (Fsp3) is 0.0488. The van der Waals surface area contributed by atoms with Crippen molar-refractivity contribution in [2.75, 3.05) is 0 Å². The molecular weight excluding hydrogens is 534 g/mol. The molecule has 0 unspecified atom stereocenters. The highest BCUT2D eigenvalue weighted by atomic mass is 15.0. The first-order chi connectivity index (χ1) is 21.8. The van der Waals surface area contributed by atoms with Gasteiger partial charge in [0.25, 0.3) is 0 Å². The van der Waals surface area contributed by atoms with Gasteiger partial charge in [-0.1, -0.05) is 115 Å². The molecule has 5 aromatic carbocycles. The number of aromatic nitrogens is 3. The molecule has 0 atom stereocenters. The minimum absolute atomic E-state index is 0.960. The summed E-state index contributed by atoms with van der Waals surface area (Å²) in [6.07, 6.45) is 8.82. The molecule has 3 heterocycles. The van der Waals surface area contributed by atoms with Crippen LogP contribution in [0.15, 0.2) is 152 Å². The molecule has 3 heteroatoms. The first kappa shape index (κ1) is 24.9. The Labute approximate surface area is 255 Å². The molecule has 0 amide bonds. The molecule has 0 saturated heterocycles. The maximum absolute atomic E-state index is 5.17. The Morgan fingerprint density at radius 2 is 1.14 bits per heavy atom. The van der Waals surface area contributed by atoms with Gasteiger partial charge in [0.2, 0.25) is 0 Å². The molecule has 0 saturated carbocycles. The smallest absolute Gasteiger partial charge is 0.0730 e. The third kappa shape index (κ3) is 3.79. The largest absolute Gasteiger partial charge is 0.312 e. The molecular formula is C41H29N3. The highest BCUT2D eigenvalue weighted by Gasteiger charge is 2.22. The molecule has 3 aromatic heterocycles. The van der Waals surface area contributed by atoms with Crippen LogP contribution in [0, 0.1) is 0 Å². The van der Waals surface area contributed by atoms with Crippen LogP contribution in [0.25, 0.3) is 77.5 Å². The Hall–Kier alpha value is -5.67. The number of rotatable bonds is 4. The summed E-state index contributed by atoms with van der Waals surface area (Å²) < 4.78 is 4.95. The van der Waals surface area contributed by atoms with Crippen LogP contribution in [0.3, 0.4) is 0 Å². The maximum Gasteiger partial charge on any atom is 0.0730 e. The van der Waals surface area contributed by atoms with Gasteiger partial charge in [0, 0.05) is 38.4 Å². The Morgan fingerprint density at radius 1 is 0.523 bits per heavy atom. The minimum Gasteiger partial charge on any atom is -0.312 e. The van der Waals surface area contributed by atoms with E-state index in [1.54, 1.807) is 0 Å². The summed E-state index contributed by atoms with van der Waals surface area (Å²) in [6.45, 7) is 0. The van der Waals surface area contributed by atoms with Gasteiger partial charge < -0.3 is 9.13 Å². The zero-order chi connectivity index (χ0) is 29.0.